The van der Waals surface area contributed by atoms with E-state index in [0.29, 0.717) is 23.7 Å². The van der Waals surface area contributed by atoms with E-state index in [4.69, 9.17) is 9.47 Å². The molecule has 0 bridgehead atoms. The minimum atomic E-state index is -4.07. The fraction of sp³-hybridized carbons (Fsp3) is 0.200. The van der Waals surface area contributed by atoms with Gasteiger partial charge in [0, 0.05) is 5.69 Å². The lowest BCUT2D eigenvalue weighted by Crippen LogP contribution is -2.38. The SMILES string of the molecule is CCOc1ccc(S(=O)(=O)N(CC(=O)Nc2cccc(C(=O)OC)c2)c2ccc(C)cc2)cc1. The zero-order chi connectivity index (χ0) is 24.7. The number of carbonyl (C=O) groups is 2. The molecule has 1 N–H and O–H groups in total. The Morgan fingerprint density at radius 2 is 1.65 bits per heavy atom. The summed E-state index contributed by atoms with van der Waals surface area (Å²) in [4.78, 5) is 24.7. The molecule has 0 spiro atoms. The number of amides is 1. The van der Waals surface area contributed by atoms with Crippen molar-refractivity contribution in [2.45, 2.75) is 18.7 Å². The van der Waals surface area contributed by atoms with Crippen molar-refractivity contribution in [2.75, 3.05) is 29.9 Å². The molecular formula is C25H26N2O6S. The van der Waals surface area contributed by atoms with Crippen LogP contribution in [0.3, 0.4) is 0 Å². The lowest BCUT2D eigenvalue weighted by atomic mass is 10.2. The number of nitrogens with zero attached hydrogens (tertiary/aromatic N) is 1. The number of hydrogen-bond donors (Lipinski definition) is 1. The largest absolute Gasteiger partial charge is 0.494 e. The molecule has 0 saturated carbocycles. The van der Waals surface area contributed by atoms with Crippen LogP contribution in [0.5, 0.6) is 5.75 Å². The highest BCUT2D eigenvalue weighted by molar-refractivity contribution is 7.92. The molecule has 0 heterocycles. The Morgan fingerprint density at radius 1 is 0.971 bits per heavy atom. The summed E-state index contributed by atoms with van der Waals surface area (Å²) >= 11 is 0. The van der Waals surface area contributed by atoms with Gasteiger partial charge in [-0.1, -0.05) is 23.8 Å². The average molecular weight is 483 g/mol. The molecule has 0 aliphatic heterocycles. The standard InChI is InChI=1S/C25H26N2O6S/c1-4-33-22-12-14-23(15-13-22)34(30,31)27(21-10-8-18(2)9-11-21)17-24(28)26-20-7-5-6-19(16-20)25(29)32-3/h5-16H,4,17H2,1-3H3,(H,26,28). The first-order valence-corrected chi connectivity index (χ1v) is 12.0. The van der Waals surface area contributed by atoms with Gasteiger partial charge in [-0.25, -0.2) is 13.2 Å². The zero-order valence-electron chi connectivity index (χ0n) is 19.1. The summed E-state index contributed by atoms with van der Waals surface area (Å²) in [7, 11) is -2.81. The highest BCUT2D eigenvalue weighted by Crippen LogP contribution is 2.26. The van der Waals surface area contributed by atoms with Gasteiger partial charge in [-0.05, 0) is 68.4 Å². The number of carbonyl (C=O) groups excluding carboxylic acids is 2. The molecule has 9 heteroatoms. The number of nitrogens with one attached hydrogen (secondary N) is 1. The van der Waals surface area contributed by atoms with Crippen LogP contribution in [0.1, 0.15) is 22.8 Å². The number of sulfonamides is 1. The van der Waals surface area contributed by atoms with E-state index in [2.05, 4.69) is 5.32 Å². The quantitative estimate of drug-likeness (QED) is 0.462. The minimum Gasteiger partial charge on any atom is -0.494 e. The molecular weight excluding hydrogens is 456 g/mol. The number of methoxy groups -OCH3 is 1. The minimum absolute atomic E-state index is 0.0250. The summed E-state index contributed by atoms with van der Waals surface area (Å²) in [6.45, 7) is 3.71. The molecule has 0 radical (unpaired) electrons. The molecule has 0 unspecified atom stereocenters. The van der Waals surface area contributed by atoms with Crippen LogP contribution in [-0.4, -0.2) is 40.6 Å². The molecule has 34 heavy (non-hydrogen) atoms. The van der Waals surface area contributed by atoms with Gasteiger partial charge < -0.3 is 14.8 Å². The Hall–Kier alpha value is -3.85. The molecule has 0 aliphatic rings. The van der Waals surface area contributed by atoms with Crippen LogP contribution in [-0.2, 0) is 19.6 Å². The van der Waals surface area contributed by atoms with Crippen molar-refractivity contribution in [3.63, 3.8) is 0 Å². The second kappa shape index (κ2) is 10.8. The summed E-state index contributed by atoms with van der Waals surface area (Å²) in [6, 6.07) is 19.1. The van der Waals surface area contributed by atoms with Gasteiger partial charge >= 0.3 is 5.97 Å². The van der Waals surface area contributed by atoms with Crippen molar-refractivity contribution < 1.29 is 27.5 Å². The van der Waals surface area contributed by atoms with E-state index in [1.807, 2.05) is 13.8 Å². The number of hydrogen-bond acceptors (Lipinski definition) is 6. The number of ether oxygens (including phenoxy) is 2. The predicted octanol–water partition coefficient (Wildman–Crippen LogP) is 4.01. The molecule has 0 aliphatic carbocycles. The van der Waals surface area contributed by atoms with Crippen LogP contribution in [0.2, 0.25) is 0 Å². The van der Waals surface area contributed by atoms with Gasteiger partial charge in [0.2, 0.25) is 5.91 Å². The normalized spacial score (nSPS) is 10.9. The van der Waals surface area contributed by atoms with Gasteiger partial charge in [0.1, 0.15) is 12.3 Å². The first kappa shape index (κ1) is 24.8. The molecule has 1 amide bonds. The van der Waals surface area contributed by atoms with E-state index >= 15 is 0 Å². The van der Waals surface area contributed by atoms with Gasteiger partial charge in [0.25, 0.3) is 10.0 Å². The van der Waals surface area contributed by atoms with Gasteiger partial charge in [0.05, 0.1) is 29.9 Å². The molecule has 0 saturated heterocycles. The molecule has 0 fully saturated rings. The molecule has 178 valence electrons. The Morgan fingerprint density at radius 3 is 2.26 bits per heavy atom. The zero-order valence-corrected chi connectivity index (χ0v) is 20.0. The third-order valence-corrected chi connectivity index (χ3v) is 6.69. The van der Waals surface area contributed by atoms with Crippen molar-refractivity contribution in [1.29, 1.82) is 0 Å². The van der Waals surface area contributed by atoms with Crippen LogP contribution in [0.15, 0.2) is 77.7 Å². The molecule has 3 aromatic rings. The fourth-order valence-electron chi connectivity index (χ4n) is 3.20. The summed E-state index contributed by atoms with van der Waals surface area (Å²) in [6.07, 6.45) is 0. The first-order valence-electron chi connectivity index (χ1n) is 10.5. The number of anilines is 2. The maximum absolute atomic E-state index is 13.5. The first-order chi connectivity index (χ1) is 16.2. The predicted molar refractivity (Wildman–Crippen MR) is 130 cm³/mol. The Balaban J connectivity index is 1.90. The lowest BCUT2D eigenvalue weighted by Gasteiger charge is -2.24. The summed E-state index contributed by atoms with van der Waals surface area (Å²) in [5, 5.41) is 2.65. The van der Waals surface area contributed by atoms with Crippen LogP contribution >= 0.6 is 0 Å². The van der Waals surface area contributed by atoms with E-state index < -0.39 is 28.4 Å². The van der Waals surface area contributed by atoms with Crippen molar-refractivity contribution in [3.8, 4) is 5.75 Å². The van der Waals surface area contributed by atoms with Crippen LogP contribution in [0.25, 0.3) is 0 Å². The second-order valence-electron chi connectivity index (χ2n) is 7.37. The van der Waals surface area contributed by atoms with Crippen molar-refractivity contribution in [3.05, 3.63) is 83.9 Å². The van der Waals surface area contributed by atoms with Gasteiger partial charge in [-0.15, -0.1) is 0 Å². The van der Waals surface area contributed by atoms with E-state index in [0.717, 1.165) is 9.87 Å². The van der Waals surface area contributed by atoms with Gasteiger partial charge in [-0.3, -0.25) is 9.10 Å². The maximum atomic E-state index is 13.5. The van der Waals surface area contributed by atoms with Crippen molar-refractivity contribution >= 4 is 33.3 Å². The van der Waals surface area contributed by atoms with Crippen LogP contribution in [0.4, 0.5) is 11.4 Å². The summed E-state index contributed by atoms with van der Waals surface area (Å²) in [5.41, 5.74) is 1.90. The molecule has 0 atom stereocenters. The topological polar surface area (TPSA) is 102 Å². The molecule has 8 nitrogen and oxygen atoms in total. The third kappa shape index (κ3) is 5.93. The lowest BCUT2D eigenvalue weighted by molar-refractivity contribution is -0.114. The maximum Gasteiger partial charge on any atom is 0.337 e. The number of aryl methyl sites for hydroxylation is 1. The van der Waals surface area contributed by atoms with E-state index in [1.165, 1.54) is 25.3 Å². The highest BCUT2D eigenvalue weighted by atomic mass is 32.2. The molecule has 3 rings (SSSR count). The number of esters is 1. The van der Waals surface area contributed by atoms with E-state index in [-0.39, 0.29) is 10.5 Å². The third-order valence-electron chi connectivity index (χ3n) is 4.90. The summed E-state index contributed by atoms with van der Waals surface area (Å²) in [5.74, 6) is -0.570. The number of rotatable bonds is 9. The van der Waals surface area contributed by atoms with Crippen LogP contribution < -0.4 is 14.4 Å². The monoisotopic (exact) mass is 482 g/mol. The van der Waals surface area contributed by atoms with Gasteiger partial charge in [-0.2, -0.15) is 0 Å². The summed E-state index contributed by atoms with van der Waals surface area (Å²) < 4.78 is 38.1. The number of benzene rings is 3. The average Bonchev–Trinajstić information content (AvgIpc) is 2.83. The molecule has 3 aromatic carbocycles. The molecule has 0 aromatic heterocycles. The van der Waals surface area contributed by atoms with Crippen LogP contribution in [0, 0.1) is 6.92 Å². The van der Waals surface area contributed by atoms with Crippen molar-refractivity contribution in [2.24, 2.45) is 0 Å². The second-order valence-corrected chi connectivity index (χ2v) is 9.23. The Bertz CT molecular complexity index is 1260. The van der Waals surface area contributed by atoms with Gasteiger partial charge in [0.15, 0.2) is 0 Å². The Labute approximate surface area is 199 Å². The smallest absolute Gasteiger partial charge is 0.337 e. The fourth-order valence-corrected chi connectivity index (χ4v) is 4.62. The van der Waals surface area contributed by atoms with E-state index in [9.17, 15) is 18.0 Å². The highest BCUT2D eigenvalue weighted by Gasteiger charge is 2.27. The van der Waals surface area contributed by atoms with Crippen molar-refractivity contribution in [1.82, 2.24) is 0 Å². The van der Waals surface area contributed by atoms with E-state index in [1.54, 1.807) is 54.6 Å². The Kier molecular flexibility index (Phi) is 7.91.